The maximum atomic E-state index is 13.0. The van der Waals surface area contributed by atoms with Gasteiger partial charge >= 0.3 is 6.09 Å². The van der Waals surface area contributed by atoms with E-state index < -0.39 is 32.0 Å². The van der Waals surface area contributed by atoms with Gasteiger partial charge in [0.15, 0.2) is 0 Å². The van der Waals surface area contributed by atoms with Crippen LogP contribution in [0.4, 0.5) is 10.5 Å². The molecule has 33 heavy (non-hydrogen) atoms. The molecule has 0 aliphatic carbocycles. The SMILES string of the molecule is CC(C)(C)OC(=O)N[C@@H](CCO)C(=O)Nc1cccc2ncc(O[Si](C)(C)C(C)(C)C)cc12. The molecule has 2 amide bonds. The van der Waals surface area contributed by atoms with Gasteiger partial charge in [-0.15, -0.1) is 0 Å². The number of hydrogen-bond acceptors (Lipinski definition) is 6. The van der Waals surface area contributed by atoms with E-state index in [2.05, 4.69) is 49.5 Å². The lowest BCUT2D eigenvalue weighted by Gasteiger charge is -2.36. The zero-order valence-electron chi connectivity index (χ0n) is 20.9. The van der Waals surface area contributed by atoms with Gasteiger partial charge in [-0.3, -0.25) is 9.78 Å². The lowest BCUT2D eigenvalue weighted by molar-refractivity contribution is -0.118. The van der Waals surface area contributed by atoms with Crippen LogP contribution in [0.1, 0.15) is 48.0 Å². The molecular weight excluding hydrogens is 438 g/mol. The molecule has 1 aromatic heterocycles. The van der Waals surface area contributed by atoms with Crippen LogP contribution < -0.4 is 15.1 Å². The van der Waals surface area contributed by atoms with Gasteiger partial charge in [-0.1, -0.05) is 26.8 Å². The Morgan fingerprint density at radius 3 is 2.39 bits per heavy atom. The van der Waals surface area contributed by atoms with E-state index in [1.165, 1.54) is 0 Å². The molecule has 0 saturated heterocycles. The van der Waals surface area contributed by atoms with Gasteiger partial charge < -0.3 is 24.9 Å². The van der Waals surface area contributed by atoms with Gasteiger partial charge in [0.25, 0.3) is 8.32 Å². The predicted molar refractivity (Wildman–Crippen MR) is 133 cm³/mol. The first kappa shape index (κ1) is 26.6. The van der Waals surface area contributed by atoms with E-state index in [0.717, 1.165) is 5.39 Å². The van der Waals surface area contributed by atoms with Crippen LogP contribution >= 0.6 is 0 Å². The van der Waals surface area contributed by atoms with E-state index >= 15 is 0 Å². The Kier molecular flexibility index (Phi) is 8.13. The minimum atomic E-state index is -2.07. The van der Waals surface area contributed by atoms with Gasteiger partial charge in [-0.05, 0) is 63.5 Å². The van der Waals surface area contributed by atoms with Crippen molar-refractivity contribution in [3.05, 3.63) is 30.5 Å². The molecule has 0 radical (unpaired) electrons. The summed E-state index contributed by atoms with van der Waals surface area (Å²) < 4.78 is 11.6. The second-order valence-corrected chi connectivity index (χ2v) is 15.3. The second-order valence-electron chi connectivity index (χ2n) is 10.6. The molecule has 2 rings (SSSR count). The van der Waals surface area contributed by atoms with Crippen LogP contribution in [0.5, 0.6) is 5.75 Å². The van der Waals surface area contributed by atoms with Gasteiger partial charge in [0.2, 0.25) is 5.91 Å². The summed E-state index contributed by atoms with van der Waals surface area (Å²) in [7, 11) is -2.07. The Balaban J connectivity index is 2.28. The summed E-state index contributed by atoms with van der Waals surface area (Å²) in [6.45, 7) is 15.8. The van der Waals surface area contributed by atoms with Crippen molar-refractivity contribution >= 4 is 36.9 Å². The van der Waals surface area contributed by atoms with Crippen LogP contribution in [0.15, 0.2) is 30.5 Å². The van der Waals surface area contributed by atoms with E-state index in [1.807, 2.05) is 12.1 Å². The van der Waals surface area contributed by atoms with Crippen LogP contribution in [0, 0.1) is 0 Å². The number of nitrogens with zero attached hydrogens (tertiary/aromatic N) is 1. The standard InChI is InChI=1S/C24H37N3O5Si/c1-23(2,3)31-22(30)27-20(12-13-28)21(29)26-19-11-9-10-18-17(19)14-16(15-25-18)32-33(7,8)24(4,5)6/h9-11,14-15,20,28H,12-13H2,1-8H3,(H,26,29)(H,27,30)/t20-/m0/s1. The van der Waals surface area contributed by atoms with Crippen molar-refractivity contribution < 1.29 is 23.9 Å². The number of pyridine rings is 1. The first-order chi connectivity index (χ1) is 15.1. The zero-order valence-corrected chi connectivity index (χ0v) is 21.9. The number of hydrogen-bond donors (Lipinski definition) is 3. The van der Waals surface area contributed by atoms with Crippen LogP contribution in [-0.2, 0) is 9.53 Å². The second kappa shape index (κ2) is 10.1. The molecule has 0 fully saturated rings. The highest BCUT2D eigenvalue weighted by atomic mass is 28.4. The third-order valence-electron chi connectivity index (χ3n) is 5.56. The summed E-state index contributed by atoms with van der Waals surface area (Å²) in [5.74, 6) is 0.188. The summed E-state index contributed by atoms with van der Waals surface area (Å²) in [4.78, 5) is 29.6. The number of alkyl carbamates (subject to hydrolysis) is 1. The van der Waals surface area contributed by atoms with Crippen molar-refractivity contribution in [2.45, 2.75) is 77.7 Å². The van der Waals surface area contributed by atoms with Crippen LogP contribution in [0.3, 0.4) is 0 Å². The number of aromatic nitrogens is 1. The van der Waals surface area contributed by atoms with Crippen molar-refractivity contribution in [3.63, 3.8) is 0 Å². The minimum absolute atomic E-state index is 0.0283. The third-order valence-corrected chi connectivity index (χ3v) is 9.92. The highest BCUT2D eigenvalue weighted by Gasteiger charge is 2.39. The topological polar surface area (TPSA) is 110 Å². The number of anilines is 1. The average molecular weight is 476 g/mol. The normalized spacial score (nSPS) is 13.4. The van der Waals surface area contributed by atoms with Crippen molar-refractivity contribution in [2.24, 2.45) is 0 Å². The molecule has 2 aromatic rings. The number of aliphatic hydroxyl groups excluding tert-OH is 1. The van der Waals surface area contributed by atoms with Crippen LogP contribution in [0.25, 0.3) is 10.9 Å². The Morgan fingerprint density at radius 1 is 1.15 bits per heavy atom. The van der Waals surface area contributed by atoms with Crippen molar-refractivity contribution in [1.82, 2.24) is 10.3 Å². The van der Waals surface area contributed by atoms with Gasteiger partial charge in [0.1, 0.15) is 17.4 Å². The lowest BCUT2D eigenvalue weighted by Crippen LogP contribution is -2.46. The molecule has 0 aliphatic heterocycles. The van der Waals surface area contributed by atoms with Gasteiger partial charge in [0, 0.05) is 12.0 Å². The van der Waals surface area contributed by atoms with Gasteiger partial charge in [-0.2, -0.15) is 0 Å². The molecule has 0 unspecified atom stereocenters. The number of nitrogens with one attached hydrogen (secondary N) is 2. The first-order valence-electron chi connectivity index (χ1n) is 11.1. The smallest absolute Gasteiger partial charge is 0.408 e. The van der Waals surface area contributed by atoms with Gasteiger partial charge in [0.05, 0.1) is 17.4 Å². The fraction of sp³-hybridized carbons (Fsp3) is 0.542. The number of amides is 2. The van der Waals surface area contributed by atoms with E-state index in [1.54, 1.807) is 39.1 Å². The Hall–Kier alpha value is -2.65. The molecule has 0 spiro atoms. The van der Waals surface area contributed by atoms with Gasteiger partial charge in [-0.25, -0.2) is 4.79 Å². The maximum Gasteiger partial charge on any atom is 0.408 e. The molecular formula is C24H37N3O5Si. The van der Waals surface area contributed by atoms with Crippen molar-refractivity contribution in [2.75, 3.05) is 11.9 Å². The zero-order chi connectivity index (χ0) is 25.0. The highest BCUT2D eigenvalue weighted by Crippen LogP contribution is 2.38. The highest BCUT2D eigenvalue weighted by molar-refractivity contribution is 6.74. The van der Waals surface area contributed by atoms with E-state index in [0.29, 0.717) is 17.0 Å². The Morgan fingerprint density at radius 2 is 1.82 bits per heavy atom. The molecule has 0 aliphatic rings. The van der Waals surface area contributed by atoms with Crippen LogP contribution in [0.2, 0.25) is 18.1 Å². The molecule has 8 nitrogen and oxygen atoms in total. The molecule has 1 heterocycles. The van der Waals surface area contributed by atoms with Crippen molar-refractivity contribution in [1.29, 1.82) is 0 Å². The summed E-state index contributed by atoms with van der Waals surface area (Å²) in [5.41, 5.74) is 0.542. The fourth-order valence-corrected chi connectivity index (χ4v) is 3.82. The largest absolute Gasteiger partial charge is 0.542 e. The molecule has 1 atom stereocenters. The monoisotopic (exact) mass is 475 g/mol. The number of carbonyl (C=O) groups excluding carboxylic acids is 2. The predicted octanol–water partition coefficient (Wildman–Crippen LogP) is 4.83. The number of fused-ring (bicyclic) bond motifs is 1. The number of ether oxygens (including phenoxy) is 1. The molecule has 9 heteroatoms. The third kappa shape index (κ3) is 7.43. The maximum absolute atomic E-state index is 13.0. The molecule has 0 bridgehead atoms. The number of carbonyl (C=O) groups is 2. The number of benzene rings is 1. The first-order valence-corrected chi connectivity index (χ1v) is 14.0. The number of aliphatic hydroxyl groups is 1. The number of rotatable bonds is 7. The quantitative estimate of drug-likeness (QED) is 0.495. The summed E-state index contributed by atoms with van der Waals surface area (Å²) >= 11 is 0. The van der Waals surface area contributed by atoms with Crippen molar-refractivity contribution in [3.8, 4) is 5.75 Å². The lowest BCUT2D eigenvalue weighted by atomic mass is 10.1. The molecule has 0 saturated carbocycles. The molecule has 1 aromatic carbocycles. The Labute approximate surface area is 197 Å². The minimum Gasteiger partial charge on any atom is -0.542 e. The fourth-order valence-electron chi connectivity index (χ4n) is 2.81. The van der Waals surface area contributed by atoms with E-state index in [9.17, 15) is 14.7 Å². The Bertz CT molecular complexity index is 996. The summed E-state index contributed by atoms with van der Waals surface area (Å²) in [6, 6.07) is 6.33. The van der Waals surface area contributed by atoms with E-state index in [4.69, 9.17) is 9.16 Å². The van der Waals surface area contributed by atoms with E-state index in [-0.39, 0.29) is 18.1 Å². The van der Waals surface area contributed by atoms with Crippen LogP contribution in [-0.4, -0.2) is 48.7 Å². The average Bonchev–Trinajstić information content (AvgIpc) is 2.65. The summed E-state index contributed by atoms with van der Waals surface area (Å²) in [6.07, 6.45) is 1.03. The summed E-state index contributed by atoms with van der Waals surface area (Å²) in [5, 5.41) is 15.5. The molecule has 3 N–H and O–H groups in total. The molecule has 182 valence electrons.